The topological polar surface area (TPSA) is 195 Å². The maximum atomic E-state index is 13.5. The van der Waals surface area contributed by atoms with Crippen LogP contribution in [0, 0.1) is 22.7 Å². The van der Waals surface area contributed by atoms with E-state index in [0.29, 0.717) is 24.3 Å². The summed E-state index contributed by atoms with van der Waals surface area (Å²) >= 11 is 0. The molecular weight excluding hydrogens is 658 g/mol. The van der Waals surface area contributed by atoms with Crippen molar-refractivity contribution in [3.8, 4) is 0 Å². The lowest BCUT2D eigenvalue weighted by Gasteiger charge is -2.24. The maximum Gasteiger partial charge on any atom is 0.409 e. The highest BCUT2D eigenvalue weighted by molar-refractivity contribution is 5.97. The van der Waals surface area contributed by atoms with E-state index >= 15 is 0 Å². The average molecular weight is 720 g/mol. The fraction of sp³-hybridized carbons (Fsp3) is 0.676. The Labute approximate surface area is 303 Å². The van der Waals surface area contributed by atoms with Crippen molar-refractivity contribution in [1.29, 1.82) is 0 Å². The van der Waals surface area contributed by atoms with E-state index in [2.05, 4.69) is 36.7 Å². The van der Waals surface area contributed by atoms with Crippen LogP contribution in [0.25, 0.3) is 0 Å². The molecule has 1 aromatic rings. The lowest BCUT2D eigenvalue weighted by molar-refractivity contribution is -0.153. The Balaban J connectivity index is 2.79. The number of hydrogen-bond donors (Lipinski definition) is 4. The van der Waals surface area contributed by atoms with E-state index in [-0.39, 0.29) is 81.2 Å². The highest BCUT2D eigenvalue weighted by Gasteiger charge is 2.29. The molecule has 0 radical (unpaired) electrons. The van der Waals surface area contributed by atoms with Gasteiger partial charge in [-0.15, -0.1) is 0 Å². The smallest absolute Gasteiger partial charge is 0.409 e. The van der Waals surface area contributed by atoms with E-state index in [4.69, 9.17) is 19.9 Å². The number of ether oxygens (including phenoxy) is 3. The number of amides is 5. The number of Topliss-reactive ketones (excluding diaryl/α,β-unsaturated/α-hetero) is 1. The number of nitrogens with two attached hydrogens (primary N) is 1. The van der Waals surface area contributed by atoms with Crippen molar-refractivity contribution in [2.24, 2.45) is 28.4 Å². The van der Waals surface area contributed by atoms with Crippen LogP contribution in [0.4, 0.5) is 15.3 Å². The molecule has 0 aliphatic heterocycles. The molecule has 0 saturated heterocycles. The standard InChI is InChI=1S/C37H61N5O9/c1-25(2)31(41-30(44)16-20-49-21-17-36(3,4)5)29(43)23-27(11-10-18-39-34(38)47)32(45)40-28-14-12-26(13-15-28)24-51-35(48)42(9)19-22-50-33(46)37(6,7)8/h12-15,25,27,31H,10-11,16-24H2,1-9H3,(H,40,45)(H,41,44)(H3,38,39,47)/t27-,31-/m1/s1. The molecule has 0 heterocycles. The zero-order valence-electron chi connectivity index (χ0n) is 32.0. The summed E-state index contributed by atoms with van der Waals surface area (Å²) in [6, 6.07) is 5.24. The summed E-state index contributed by atoms with van der Waals surface area (Å²) in [5.74, 6) is -2.29. The largest absolute Gasteiger partial charge is 0.463 e. The minimum absolute atomic E-state index is 0.0193. The molecule has 14 heteroatoms. The normalized spacial score (nSPS) is 12.7. The van der Waals surface area contributed by atoms with Crippen LogP contribution in [0.2, 0.25) is 0 Å². The van der Waals surface area contributed by atoms with Gasteiger partial charge in [-0.3, -0.25) is 19.2 Å². The number of benzene rings is 1. The van der Waals surface area contributed by atoms with Gasteiger partial charge in [0, 0.05) is 44.6 Å². The van der Waals surface area contributed by atoms with Gasteiger partial charge < -0.3 is 40.8 Å². The second-order valence-electron chi connectivity index (χ2n) is 15.3. The fourth-order valence-corrected chi connectivity index (χ4v) is 4.53. The average Bonchev–Trinajstić information content (AvgIpc) is 3.02. The molecule has 2 atom stereocenters. The quantitative estimate of drug-likeness (QED) is 0.102. The van der Waals surface area contributed by atoms with Gasteiger partial charge in [0.05, 0.1) is 24.6 Å². The van der Waals surface area contributed by atoms with Crippen LogP contribution in [0.3, 0.4) is 0 Å². The second kappa shape index (κ2) is 21.9. The Morgan fingerprint density at radius 2 is 1.55 bits per heavy atom. The van der Waals surface area contributed by atoms with Crippen LogP contribution in [0.1, 0.15) is 93.1 Å². The first-order valence-electron chi connectivity index (χ1n) is 17.6. The lowest BCUT2D eigenvalue weighted by atomic mass is 9.89. The van der Waals surface area contributed by atoms with Crippen LogP contribution in [-0.4, -0.2) is 86.6 Å². The monoisotopic (exact) mass is 719 g/mol. The third-order valence-electron chi connectivity index (χ3n) is 7.81. The number of primary amides is 1. The second-order valence-corrected chi connectivity index (χ2v) is 15.3. The van der Waals surface area contributed by atoms with Gasteiger partial charge in [-0.2, -0.15) is 0 Å². The summed E-state index contributed by atoms with van der Waals surface area (Å²) in [5.41, 5.74) is 5.81. The number of anilines is 1. The SMILES string of the molecule is CC(C)[C@@H](NC(=O)CCOCCC(C)(C)C)C(=O)C[C@@H](CCCNC(N)=O)C(=O)Nc1ccc(COC(=O)N(C)CCOC(=O)C(C)(C)C)cc1. The van der Waals surface area contributed by atoms with Crippen molar-refractivity contribution in [2.45, 2.75) is 100 Å². The van der Waals surface area contributed by atoms with Crippen molar-refractivity contribution in [3.63, 3.8) is 0 Å². The van der Waals surface area contributed by atoms with Crippen LogP contribution < -0.4 is 21.7 Å². The molecule has 0 saturated carbocycles. The molecule has 1 aromatic carbocycles. The lowest BCUT2D eigenvalue weighted by Crippen LogP contribution is -2.45. The van der Waals surface area contributed by atoms with E-state index in [9.17, 15) is 28.8 Å². The Hall–Kier alpha value is -4.20. The van der Waals surface area contributed by atoms with E-state index in [1.807, 2.05) is 13.8 Å². The summed E-state index contributed by atoms with van der Waals surface area (Å²) in [6.45, 7) is 16.5. The van der Waals surface area contributed by atoms with Crippen molar-refractivity contribution < 1.29 is 43.0 Å². The number of nitrogens with zero attached hydrogens (tertiary/aromatic N) is 1. The minimum Gasteiger partial charge on any atom is -0.463 e. The van der Waals surface area contributed by atoms with E-state index in [0.717, 1.165) is 6.42 Å². The van der Waals surface area contributed by atoms with Gasteiger partial charge >= 0.3 is 18.1 Å². The Kier molecular flexibility index (Phi) is 19.2. The Bertz CT molecular complexity index is 1290. The first-order valence-corrected chi connectivity index (χ1v) is 17.6. The van der Waals surface area contributed by atoms with Crippen LogP contribution >= 0.6 is 0 Å². The molecule has 5 amide bonds. The summed E-state index contributed by atoms with van der Waals surface area (Å²) < 4.78 is 16.1. The molecule has 14 nitrogen and oxygen atoms in total. The minimum atomic E-state index is -0.786. The predicted octanol–water partition coefficient (Wildman–Crippen LogP) is 4.79. The number of hydrogen-bond acceptors (Lipinski definition) is 9. The Morgan fingerprint density at radius 3 is 2.12 bits per heavy atom. The Morgan fingerprint density at radius 1 is 0.902 bits per heavy atom. The molecule has 0 unspecified atom stereocenters. The highest BCUT2D eigenvalue weighted by Crippen LogP contribution is 2.21. The van der Waals surface area contributed by atoms with Gasteiger partial charge in [0.2, 0.25) is 11.8 Å². The number of esters is 1. The molecule has 5 N–H and O–H groups in total. The fourth-order valence-electron chi connectivity index (χ4n) is 4.53. The summed E-state index contributed by atoms with van der Waals surface area (Å²) in [5, 5.41) is 8.16. The number of ketones is 1. The van der Waals surface area contributed by atoms with E-state index < -0.39 is 35.4 Å². The van der Waals surface area contributed by atoms with Crippen molar-refractivity contribution >= 4 is 41.4 Å². The van der Waals surface area contributed by atoms with Crippen LogP contribution in [0.5, 0.6) is 0 Å². The molecule has 0 aliphatic rings. The first-order chi connectivity index (χ1) is 23.7. The van der Waals surface area contributed by atoms with E-state index in [1.165, 1.54) is 4.90 Å². The van der Waals surface area contributed by atoms with Gasteiger partial charge in [0.1, 0.15) is 13.2 Å². The predicted molar refractivity (Wildman–Crippen MR) is 195 cm³/mol. The number of carbonyl (C=O) groups is 6. The third kappa shape index (κ3) is 19.7. The number of nitrogens with one attached hydrogen (secondary N) is 3. The number of carbonyl (C=O) groups excluding carboxylic acids is 6. The zero-order chi connectivity index (χ0) is 38.8. The maximum absolute atomic E-state index is 13.5. The van der Waals surface area contributed by atoms with Crippen molar-refractivity contribution in [3.05, 3.63) is 29.8 Å². The molecule has 0 fully saturated rings. The summed E-state index contributed by atoms with van der Waals surface area (Å²) in [4.78, 5) is 76.3. The summed E-state index contributed by atoms with van der Waals surface area (Å²) in [6.07, 6.45) is 0.955. The summed E-state index contributed by atoms with van der Waals surface area (Å²) in [7, 11) is 1.54. The molecule has 0 spiro atoms. The van der Waals surface area contributed by atoms with E-state index in [1.54, 1.807) is 52.1 Å². The van der Waals surface area contributed by atoms with Gasteiger partial charge in [-0.1, -0.05) is 46.8 Å². The van der Waals surface area contributed by atoms with Crippen molar-refractivity contribution in [2.75, 3.05) is 45.3 Å². The van der Waals surface area contributed by atoms with Gasteiger partial charge in [-0.05, 0) is 69.1 Å². The third-order valence-corrected chi connectivity index (χ3v) is 7.81. The first kappa shape index (κ1) is 44.8. The van der Waals surface area contributed by atoms with Crippen LogP contribution in [0.15, 0.2) is 24.3 Å². The van der Waals surface area contributed by atoms with Gasteiger partial charge in [-0.25, -0.2) is 9.59 Å². The van der Waals surface area contributed by atoms with Crippen molar-refractivity contribution in [1.82, 2.24) is 15.5 Å². The van der Waals surface area contributed by atoms with Gasteiger partial charge in [0.25, 0.3) is 0 Å². The van der Waals surface area contributed by atoms with Gasteiger partial charge in [0.15, 0.2) is 5.78 Å². The molecule has 288 valence electrons. The number of likely N-dealkylation sites (N-methyl/N-ethyl adjacent to an activating group) is 1. The number of urea groups is 1. The molecule has 0 bridgehead atoms. The molecule has 0 aliphatic carbocycles. The molecule has 51 heavy (non-hydrogen) atoms. The number of rotatable bonds is 21. The molecule has 1 rings (SSSR count). The van der Waals surface area contributed by atoms with Crippen LogP contribution in [-0.2, 0) is 40.0 Å². The molecule has 0 aromatic heterocycles. The highest BCUT2D eigenvalue weighted by atomic mass is 16.6. The zero-order valence-corrected chi connectivity index (χ0v) is 32.0. The molecular formula is C37H61N5O9.